The van der Waals surface area contributed by atoms with Gasteiger partial charge in [0.15, 0.2) is 0 Å². The highest BCUT2D eigenvalue weighted by Gasteiger charge is 2.09. The standard InChI is InChI=1S/C14H17NO3/c1-2-3-11-8-10-4-5-12(17)9-13(10)14(18)15(11)6-7-16/h4-5,8-9,16-17H,2-3,6-7H2,1H3. The number of rotatable bonds is 4. The fourth-order valence-electron chi connectivity index (χ4n) is 2.20. The van der Waals surface area contributed by atoms with E-state index in [4.69, 9.17) is 5.11 Å². The van der Waals surface area contributed by atoms with Crippen LogP contribution in [0, 0.1) is 0 Å². The summed E-state index contributed by atoms with van der Waals surface area (Å²) in [5.74, 6) is 0.0818. The van der Waals surface area contributed by atoms with Crippen LogP contribution >= 0.6 is 0 Å². The molecule has 96 valence electrons. The lowest BCUT2D eigenvalue weighted by atomic mass is 10.1. The van der Waals surface area contributed by atoms with Crippen molar-refractivity contribution in [1.82, 2.24) is 4.57 Å². The number of nitrogens with zero attached hydrogens (tertiary/aromatic N) is 1. The molecule has 0 unspecified atom stereocenters. The normalized spacial score (nSPS) is 11.0. The Morgan fingerprint density at radius 2 is 2.06 bits per heavy atom. The first-order valence-electron chi connectivity index (χ1n) is 6.13. The zero-order valence-electron chi connectivity index (χ0n) is 10.4. The Kier molecular flexibility index (Phi) is 3.67. The monoisotopic (exact) mass is 247 g/mol. The van der Waals surface area contributed by atoms with Crippen molar-refractivity contribution in [2.45, 2.75) is 26.3 Å². The molecular weight excluding hydrogens is 230 g/mol. The molecule has 0 radical (unpaired) electrons. The molecule has 0 atom stereocenters. The van der Waals surface area contributed by atoms with Gasteiger partial charge in [-0.3, -0.25) is 4.79 Å². The predicted molar refractivity (Wildman–Crippen MR) is 71.0 cm³/mol. The van der Waals surface area contributed by atoms with Gasteiger partial charge in [-0.05, 0) is 30.0 Å². The van der Waals surface area contributed by atoms with Gasteiger partial charge in [-0.25, -0.2) is 0 Å². The van der Waals surface area contributed by atoms with E-state index in [1.54, 1.807) is 16.7 Å². The van der Waals surface area contributed by atoms with E-state index in [9.17, 15) is 9.90 Å². The summed E-state index contributed by atoms with van der Waals surface area (Å²) in [4.78, 5) is 12.3. The highest BCUT2D eigenvalue weighted by Crippen LogP contribution is 2.18. The highest BCUT2D eigenvalue weighted by atomic mass is 16.3. The minimum atomic E-state index is -0.152. The van der Waals surface area contributed by atoms with Crippen molar-refractivity contribution in [2.24, 2.45) is 0 Å². The second kappa shape index (κ2) is 5.23. The number of phenols is 1. The van der Waals surface area contributed by atoms with E-state index in [2.05, 4.69) is 6.92 Å². The van der Waals surface area contributed by atoms with Crippen LogP contribution < -0.4 is 5.56 Å². The van der Waals surface area contributed by atoms with Crippen molar-refractivity contribution < 1.29 is 10.2 Å². The van der Waals surface area contributed by atoms with Gasteiger partial charge < -0.3 is 14.8 Å². The molecule has 2 aromatic rings. The van der Waals surface area contributed by atoms with Crippen LogP contribution in [0.25, 0.3) is 10.8 Å². The molecule has 4 nitrogen and oxygen atoms in total. The molecular formula is C14H17NO3. The molecule has 0 aliphatic heterocycles. The van der Waals surface area contributed by atoms with Crippen LogP contribution in [0.4, 0.5) is 0 Å². The molecule has 0 aliphatic carbocycles. The van der Waals surface area contributed by atoms with Crippen LogP contribution in [-0.4, -0.2) is 21.4 Å². The molecule has 2 rings (SSSR count). The molecule has 2 N–H and O–H groups in total. The third kappa shape index (κ3) is 2.24. The van der Waals surface area contributed by atoms with Crippen LogP contribution in [0.3, 0.4) is 0 Å². The Morgan fingerprint density at radius 3 is 2.72 bits per heavy atom. The fraction of sp³-hybridized carbons (Fsp3) is 0.357. The summed E-state index contributed by atoms with van der Waals surface area (Å²) in [5, 5.41) is 19.8. The van der Waals surface area contributed by atoms with Crippen LogP contribution in [0.5, 0.6) is 5.75 Å². The van der Waals surface area contributed by atoms with Crippen LogP contribution in [0.15, 0.2) is 29.1 Å². The first kappa shape index (κ1) is 12.6. The summed E-state index contributed by atoms with van der Waals surface area (Å²) in [6, 6.07) is 6.75. The van der Waals surface area contributed by atoms with Crippen molar-refractivity contribution in [3.63, 3.8) is 0 Å². The molecule has 1 heterocycles. The number of phenolic OH excluding ortho intramolecular Hbond substituents is 1. The largest absolute Gasteiger partial charge is 0.508 e. The third-order valence-electron chi connectivity index (χ3n) is 3.01. The molecule has 0 bridgehead atoms. The van der Waals surface area contributed by atoms with Gasteiger partial charge in [-0.15, -0.1) is 0 Å². The van der Waals surface area contributed by atoms with Gasteiger partial charge in [0.05, 0.1) is 12.0 Å². The van der Waals surface area contributed by atoms with E-state index in [1.807, 2.05) is 6.07 Å². The minimum Gasteiger partial charge on any atom is -0.508 e. The van der Waals surface area contributed by atoms with Crippen molar-refractivity contribution in [1.29, 1.82) is 0 Å². The van der Waals surface area contributed by atoms with E-state index >= 15 is 0 Å². The molecule has 0 amide bonds. The summed E-state index contributed by atoms with van der Waals surface area (Å²) >= 11 is 0. The summed E-state index contributed by atoms with van der Waals surface area (Å²) in [6.07, 6.45) is 1.74. The van der Waals surface area contributed by atoms with Gasteiger partial charge >= 0.3 is 0 Å². The molecule has 0 saturated carbocycles. The summed E-state index contributed by atoms with van der Waals surface area (Å²) in [5.41, 5.74) is 0.774. The molecule has 1 aromatic heterocycles. The predicted octanol–water partition coefficient (Wildman–Crippen LogP) is 1.65. The van der Waals surface area contributed by atoms with Gasteiger partial charge in [0.2, 0.25) is 0 Å². The zero-order chi connectivity index (χ0) is 13.1. The molecule has 0 aliphatic rings. The van der Waals surface area contributed by atoms with E-state index in [0.717, 1.165) is 23.9 Å². The summed E-state index contributed by atoms with van der Waals surface area (Å²) in [7, 11) is 0. The van der Waals surface area contributed by atoms with Crippen molar-refractivity contribution in [2.75, 3.05) is 6.61 Å². The number of benzene rings is 1. The lowest BCUT2D eigenvalue weighted by Gasteiger charge is -2.13. The number of fused-ring (bicyclic) bond motifs is 1. The van der Waals surface area contributed by atoms with Gasteiger partial charge in [-0.1, -0.05) is 19.4 Å². The number of aliphatic hydroxyl groups excluding tert-OH is 1. The van der Waals surface area contributed by atoms with Crippen LogP contribution in [0.1, 0.15) is 19.0 Å². The molecule has 0 fully saturated rings. The first-order valence-corrected chi connectivity index (χ1v) is 6.13. The smallest absolute Gasteiger partial charge is 0.258 e. The van der Waals surface area contributed by atoms with Gasteiger partial charge in [-0.2, -0.15) is 0 Å². The average molecular weight is 247 g/mol. The maximum absolute atomic E-state index is 12.3. The number of aromatic nitrogens is 1. The molecule has 0 spiro atoms. The Bertz CT molecular complexity index is 616. The summed E-state index contributed by atoms with van der Waals surface area (Å²) < 4.78 is 1.59. The van der Waals surface area contributed by atoms with Gasteiger partial charge in [0.1, 0.15) is 5.75 Å². The molecule has 18 heavy (non-hydrogen) atoms. The lowest BCUT2D eigenvalue weighted by molar-refractivity contribution is 0.272. The maximum atomic E-state index is 12.3. The van der Waals surface area contributed by atoms with Crippen LogP contribution in [0.2, 0.25) is 0 Å². The number of hydrogen-bond donors (Lipinski definition) is 2. The minimum absolute atomic E-state index is 0.0685. The Balaban J connectivity index is 2.72. The summed E-state index contributed by atoms with van der Waals surface area (Å²) in [6.45, 7) is 2.27. The second-order valence-electron chi connectivity index (χ2n) is 4.34. The SMILES string of the molecule is CCCc1cc2ccc(O)cc2c(=O)n1CCO. The molecule has 0 saturated heterocycles. The highest BCUT2D eigenvalue weighted by molar-refractivity contribution is 5.83. The zero-order valence-corrected chi connectivity index (χ0v) is 10.4. The van der Waals surface area contributed by atoms with Gasteiger partial charge in [0.25, 0.3) is 5.56 Å². The van der Waals surface area contributed by atoms with Gasteiger partial charge in [0, 0.05) is 12.2 Å². The average Bonchev–Trinajstić information content (AvgIpc) is 2.35. The molecule has 1 aromatic carbocycles. The third-order valence-corrected chi connectivity index (χ3v) is 3.01. The van der Waals surface area contributed by atoms with E-state index < -0.39 is 0 Å². The number of aromatic hydroxyl groups is 1. The Morgan fingerprint density at radius 1 is 1.28 bits per heavy atom. The van der Waals surface area contributed by atoms with Crippen molar-refractivity contribution >= 4 is 10.8 Å². The van der Waals surface area contributed by atoms with Crippen LogP contribution in [-0.2, 0) is 13.0 Å². The number of aliphatic hydroxyl groups is 1. The second-order valence-corrected chi connectivity index (χ2v) is 4.34. The van der Waals surface area contributed by atoms with E-state index in [1.165, 1.54) is 6.07 Å². The maximum Gasteiger partial charge on any atom is 0.258 e. The van der Waals surface area contributed by atoms with E-state index in [-0.39, 0.29) is 17.9 Å². The van der Waals surface area contributed by atoms with E-state index in [0.29, 0.717) is 11.9 Å². The van der Waals surface area contributed by atoms with Crippen molar-refractivity contribution in [3.8, 4) is 5.75 Å². The fourth-order valence-corrected chi connectivity index (χ4v) is 2.20. The first-order chi connectivity index (χ1) is 8.67. The quantitative estimate of drug-likeness (QED) is 0.863. The lowest BCUT2D eigenvalue weighted by Crippen LogP contribution is -2.25. The molecule has 4 heteroatoms. The number of hydrogen-bond acceptors (Lipinski definition) is 3. The number of pyridine rings is 1. The Labute approximate surface area is 105 Å². The number of aryl methyl sites for hydroxylation is 1. The Hall–Kier alpha value is -1.81. The topological polar surface area (TPSA) is 62.5 Å². The van der Waals surface area contributed by atoms with Crippen molar-refractivity contribution in [3.05, 3.63) is 40.3 Å².